The van der Waals surface area contributed by atoms with Crippen molar-refractivity contribution >= 4 is 11.7 Å². The predicted octanol–water partition coefficient (Wildman–Crippen LogP) is 3.08. The van der Waals surface area contributed by atoms with E-state index in [1.54, 1.807) is 0 Å². The summed E-state index contributed by atoms with van der Waals surface area (Å²) in [6.45, 7) is 8.14. The van der Waals surface area contributed by atoms with E-state index in [1.807, 2.05) is 6.92 Å². The largest absolute Gasteiger partial charge is 0.381 e. The molecular weight excluding hydrogens is 273 g/mol. The van der Waals surface area contributed by atoms with Crippen LogP contribution in [0.5, 0.6) is 0 Å². The van der Waals surface area contributed by atoms with Crippen molar-refractivity contribution < 1.29 is 18.7 Å². The molecule has 5 heteroatoms. The smallest absolute Gasteiger partial charge is 0.223 e. The Bertz CT molecular complexity index is 408. The van der Waals surface area contributed by atoms with Gasteiger partial charge in [0, 0.05) is 39.3 Å². The molecule has 0 unspecified atom stereocenters. The topological polar surface area (TPSA) is 46.6 Å². The summed E-state index contributed by atoms with van der Waals surface area (Å²) in [5.41, 5.74) is 0. The zero-order valence-electron chi connectivity index (χ0n) is 13.4. The molecule has 0 heterocycles. The summed E-state index contributed by atoms with van der Waals surface area (Å²) in [5.74, 6) is -1.14. The Hall–Kier alpha value is -1.23. The van der Waals surface area contributed by atoms with Gasteiger partial charge >= 0.3 is 0 Å². The molecule has 21 heavy (non-hydrogen) atoms. The summed E-state index contributed by atoms with van der Waals surface area (Å²) in [6.07, 6.45) is 3.99. The van der Waals surface area contributed by atoms with Gasteiger partial charge in [0.05, 0.1) is 0 Å². The number of ether oxygens (including phenoxy) is 1. The molecular formula is C16H26FNO3. The van der Waals surface area contributed by atoms with Crippen LogP contribution in [0.15, 0.2) is 12.0 Å². The van der Waals surface area contributed by atoms with E-state index in [9.17, 15) is 14.0 Å². The molecule has 3 atom stereocenters. The first-order valence-corrected chi connectivity index (χ1v) is 7.63. The lowest BCUT2D eigenvalue weighted by Gasteiger charge is -2.47. The Balaban J connectivity index is 2.54. The van der Waals surface area contributed by atoms with Gasteiger partial charge < -0.3 is 9.64 Å². The number of ketones is 1. The number of Topliss-reactive ketones (excluding diaryl/α,β-unsaturated/α-hetero) is 1. The molecule has 0 aromatic heterocycles. The molecule has 1 saturated carbocycles. The van der Waals surface area contributed by atoms with E-state index in [-0.39, 0.29) is 17.9 Å². The predicted molar refractivity (Wildman–Crippen MR) is 79.2 cm³/mol. The lowest BCUT2D eigenvalue weighted by Crippen LogP contribution is -2.52. The van der Waals surface area contributed by atoms with Crippen LogP contribution in [0.2, 0.25) is 0 Å². The third kappa shape index (κ3) is 4.92. The number of nitrogens with zero attached hydrogens (tertiary/aromatic N) is 1. The van der Waals surface area contributed by atoms with Crippen LogP contribution in [0.4, 0.5) is 4.39 Å². The highest BCUT2D eigenvalue weighted by Gasteiger charge is 2.42. The van der Waals surface area contributed by atoms with Crippen LogP contribution in [0.1, 0.15) is 47.0 Å². The minimum Gasteiger partial charge on any atom is -0.381 e. The Labute approximate surface area is 126 Å². The molecule has 1 amide bonds. The van der Waals surface area contributed by atoms with Crippen LogP contribution in [0, 0.1) is 11.8 Å². The van der Waals surface area contributed by atoms with Gasteiger partial charge in [0.25, 0.3) is 0 Å². The van der Waals surface area contributed by atoms with Gasteiger partial charge in [0.2, 0.25) is 5.91 Å². The quantitative estimate of drug-likeness (QED) is 0.511. The monoisotopic (exact) mass is 299 g/mol. The fraction of sp³-hybridized carbons (Fsp3) is 0.750. The van der Waals surface area contributed by atoms with Gasteiger partial charge in [-0.1, -0.05) is 20.3 Å². The summed E-state index contributed by atoms with van der Waals surface area (Å²) < 4.78 is 19.1. The van der Waals surface area contributed by atoms with Crippen LogP contribution >= 0.6 is 0 Å². The summed E-state index contributed by atoms with van der Waals surface area (Å²) in [4.78, 5) is 24.0. The van der Waals surface area contributed by atoms with Crippen LogP contribution in [0.3, 0.4) is 0 Å². The van der Waals surface area contributed by atoms with Crippen molar-refractivity contribution in [3.63, 3.8) is 0 Å². The number of unbranched alkanes of at least 4 members (excludes halogenated alkanes) is 1. The van der Waals surface area contributed by atoms with E-state index in [2.05, 4.69) is 6.92 Å². The Morgan fingerprint density at radius 2 is 2.05 bits per heavy atom. The highest BCUT2D eigenvalue weighted by atomic mass is 19.1. The lowest BCUT2D eigenvalue weighted by atomic mass is 9.70. The number of halogens is 1. The number of rotatable bonds is 8. The van der Waals surface area contributed by atoms with Gasteiger partial charge in [-0.25, -0.2) is 4.39 Å². The van der Waals surface area contributed by atoms with Crippen LogP contribution in [0.25, 0.3) is 0 Å². The zero-order valence-corrected chi connectivity index (χ0v) is 13.4. The molecule has 120 valence electrons. The first-order valence-electron chi connectivity index (χ1n) is 7.63. The van der Waals surface area contributed by atoms with Crippen molar-refractivity contribution in [2.75, 3.05) is 13.2 Å². The fourth-order valence-corrected chi connectivity index (χ4v) is 2.56. The maximum atomic E-state index is 13.5. The average Bonchev–Trinajstić information content (AvgIpc) is 2.43. The zero-order chi connectivity index (χ0) is 16.0. The molecule has 1 rings (SSSR count). The first-order chi connectivity index (χ1) is 9.88. The summed E-state index contributed by atoms with van der Waals surface area (Å²) in [7, 11) is 0. The number of allylic oxidation sites excluding steroid dienone is 1. The average molecular weight is 299 g/mol. The van der Waals surface area contributed by atoms with Crippen molar-refractivity contribution in [2.24, 2.45) is 11.8 Å². The van der Waals surface area contributed by atoms with Crippen molar-refractivity contribution in [1.82, 2.24) is 4.90 Å². The molecule has 0 radical (unpaired) electrons. The van der Waals surface area contributed by atoms with E-state index in [0.29, 0.717) is 12.5 Å². The second-order valence-electron chi connectivity index (χ2n) is 5.81. The van der Waals surface area contributed by atoms with Gasteiger partial charge in [0.1, 0.15) is 0 Å². The summed E-state index contributed by atoms with van der Waals surface area (Å²) >= 11 is 0. The molecule has 0 spiro atoms. The molecule has 0 bridgehead atoms. The van der Waals surface area contributed by atoms with Gasteiger partial charge in [-0.3, -0.25) is 9.59 Å². The number of carbonyl (C=O) groups is 2. The van der Waals surface area contributed by atoms with E-state index >= 15 is 0 Å². The number of hydrogen-bond acceptors (Lipinski definition) is 3. The second-order valence-corrected chi connectivity index (χ2v) is 5.81. The van der Waals surface area contributed by atoms with Crippen LogP contribution < -0.4 is 0 Å². The molecule has 0 aliphatic heterocycles. The number of amides is 1. The van der Waals surface area contributed by atoms with Crippen molar-refractivity contribution in [1.29, 1.82) is 0 Å². The minimum atomic E-state index is -0.875. The maximum Gasteiger partial charge on any atom is 0.223 e. The molecule has 0 saturated heterocycles. The molecule has 4 nitrogen and oxygen atoms in total. The molecule has 1 aliphatic carbocycles. The van der Waals surface area contributed by atoms with E-state index in [4.69, 9.17) is 4.74 Å². The molecule has 0 aromatic carbocycles. The third-order valence-corrected chi connectivity index (χ3v) is 4.18. The SMILES string of the molecule is CCCCOC[C@@H]1C[C@H](N(/C=C(/F)C(C)=O)C(C)=O)[C@H]1C. The standard InChI is InChI=1S/C16H26FNO3/c1-5-6-7-21-10-14-8-16(11(14)2)18(13(4)20)9-15(17)12(3)19/h9,11,14,16H,5-8,10H2,1-4H3/b15-9+/t11-,14-,16-/m0/s1. The summed E-state index contributed by atoms with van der Waals surface area (Å²) in [5, 5.41) is 0. The Morgan fingerprint density at radius 1 is 1.38 bits per heavy atom. The van der Waals surface area contributed by atoms with Gasteiger partial charge in [0.15, 0.2) is 11.6 Å². The molecule has 0 N–H and O–H groups in total. The van der Waals surface area contributed by atoms with Crippen LogP contribution in [-0.2, 0) is 14.3 Å². The maximum absolute atomic E-state index is 13.5. The fourth-order valence-electron chi connectivity index (χ4n) is 2.56. The Kier molecular flexibility index (Phi) is 7.02. The van der Waals surface area contributed by atoms with Crippen molar-refractivity contribution in [3.05, 3.63) is 12.0 Å². The normalized spacial score (nSPS) is 25.4. The molecule has 1 aliphatic rings. The van der Waals surface area contributed by atoms with E-state index in [0.717, 1.165) is 39.0 Å². The third-order valence-electron chi connectivity index (χ3n) is 4.18. The van der Waals surface area contributed by atoms with E-state index in [1.165, 1.54) is 11.8 Å². The lowest BCUT2D eigenvalue weighted by molar-refractivity contribution is -0.134. The van der Waals surface area contributed by atoms with E-state index < -0.39 is 11.6 Å². The Morgan fingerprint density at radius 3 is 2.52 bits per heavy atom. The minimum absolute atomic E-state index is 0.0487. The highest BCUT2D eigenvalue weighted by molar-refractivity contribution is 5.91. The number of carbonyl (C=O) groups excluding carboxylic acids is 2. The van der Waals surface area contributed by atoms with Gasteiger partial charge in [-0.05, 0) is 24.7 Å². The van der Waals surface area contributed by atoms with Crippen LogP contribution in [-0.4, -0.2) is 35.8 Å². The highest BCUT2D eigenvalue weighted by Crippen LogP contribution is 2.38. The van der Waals surface area contributed by atoms with Crippen molar-refractivity contribution in [2.45, 2.75) is 53.0 Å². The summed E-state index contributed by atoms with van der Waals surface area (Å²) in [6, 6.07) is -0.0487. The van der Waals surface area contributed by atoms with Gasteiger partial charge in [-0.15, -0.1) is 0 Å². The second kappa shape index (κ2) is 8.27. The molecule has 1 fully saturated rings. The molecule has 0 aromatic rings. The first kappa shape index (κ1) is 17.8. The number of hydrogen-bond donors (Lipinski definition) is 0. The van der Waals surface area contributed by atoms with Crippen molar-refractivity contribution in [3.8, 4) is 0 Å². The van der Waals surface area contributed by atoms with Gasteiger partial charge in [-0.2, -0.15) is 0 Å².